The normalized spacial score (nSPS) is 15.5. The Morgan fingerprint density at radius 1 is 1.10 bits per heavy atom. The minimum absolute atomic E-state index is 0.243. The minimum atomic E-state index is 0.243. The lowest BCUT2D eigenvalue weighted by Gasteiger charge is -2.13. The van der Waals surface area contributed by atoms with Gasteiger partial charge in [0.1, 0.15) is 0 Å². The number of hydrogen-bond acceptors (Lipinski definition) is 2. The number of carbonyl (C=O) groups is 1. The molecule has 21 heavy (non-hydrogen) atoms. The summed E-state index contributed by atoms with van der Waals surface area (Å²) in [5.41, 5.74) is 4.14. The molecule has 3 heteroatoms. The quantitative estimate of drug-likeness (QED) is 0.803. The summed E-state index contributed by atoms with van der Waals surface area (Å²) in [5, 5.41) is 0. The maximum atomic E-state index is 12.6. The number of hydrogen-bond donors (Lipinski definition) is 0. The van der Waals surface area contributed by atoms with Crippen molar-refractivity contribution in [1.29, 1.82) is 0 Å². The van der Waals surface area contributed by atoms with E-state index in [9.17, 15) is 4.79 Å². The van der Waals surface area contributed by atoms with Gasteiger partial charge in [0.25, 0.3) is 0 Å². The molecule has 1 saturated heterocycles. The van der Waals surface area contributed by atoms with Gasteiger partial charge in [0.15, 0.2) is 5.78 Å². The molecule has 1 aliphatic heterocycles. The Hall–Kier alpha value is -1.87. The molecule has 1 aromatic heterocycles. The number of aryl methyl sites for hydroxylation is 1. The number of likely N-dealkylation sites (tertiary alicyclic amines) is 1. The van der Waals surface area contributed by atoms with Crippen molar-refractivity contribution in [2.24, 2.45) is 0 Å². The summed E-state index contributed by atoms with van der Waals surface area (Å²) in [4.78, 5) is 14.8. The van der Waals surface area contributed by atoms with Crippen molar-refractivity contribution in [3.05, 3.63) is 53.3 Å². The summed E-state index contributed by atoms with van der Waals surface area (Å²) >= 11 is 0. The third kappa shape index (κ3) is 2.79. The van der Waals surface area contributed by atoms with Crippen LogP contribution in [0.2, 0.25) is 0 Å². The highest BCUT2D eigenvalue weighted by Gasteiger charge is 2.20. The molecule has 0 spiro atoms. The van der Waals surface area contributed by atoms with Gasteiger partial charge in [0, 0.05) is 22.6 Å². The SMILES string of the molecule is Cc1cc(C(=O)CN2CCCC2)c(C)n1-c1ccccc1. The molecule has 2 heterocycles. The van der Waals surface area contributed by atoms with Gasteiger partial charge in [0.05, 0.1) is 6.54 Å². The maximum Gasteiger partial charge on any atom is 0.178 e. The van der Waals surface area contributed by atoms with Crippen LogP contribution in [0.15, 0.2) is 36.4 Å². The van der Waals surface area contributed by atoms with E-state index < -0.39 is 0 Å². The van der Waals surface area contributed by atoms with Crippen molar-refractivity contribution in [2.45, 2.75) is 26.7 Å². The van der Waals surface area contributed by atoms with Crippen LogP contribution in [0, 0.1) is 13.8 Å². The van der Waals surface area contributed by atoms with Crippen LogP contribution >= 0.6 is 0 Å². The molecular weight excluding hydrogens is 260 g/mol. The monoisotopic (exact) mass is 282 g/mol. The van der Waals surface area contributed by atoms with Crippen molar-refractivity contribution in [3.63, 3.8) is 0 Å². The van der Waals surface area contributed by atoms with Gasteiger partial charge in [-0.05, 0) is 58.0 Å². The smallest absolute Gasteiger partial charge is 0.178 e. The molecule has 0 saturated carbocycles. The summed E-state index contributed by atoms with van der Waals surface area (Å²) in [7, 11) is 0. The van der Waals surface area contributed by atoms with Crippen LogP contribution in [0.25, 0.3) is 5.69 Å². The van der Waals surface area contributed by atoms with E-state index in [1.807, 2.05) is 31.2 Å². The first-order valence-electron chi connectivity index (χ1n) is 7.67. The van der Waals surface area contributed by atoms with Gasteiger partial charge in [-0.2, -0.15) is 0 Å². The van der Waals surface area contributed by atoms with E-state index in [-0.39, 0.29) is 5.78 Å². The zero-order valence-corrected chi connectivity index (χ0v) is 12.8. The lowest BCUT2D eigenvalue weighted by Crippen LogP contribution is -2.27. The summed E-state index contributed by atoms with van der Waals surface area (Å²) in [5.74, 6) is 0.243. The molecule has 2 aromatic rings. The molecule has 110 valence electrons. The number of carbonyl (C=O) groups excluding carboxylic acids is 1. The van der Waals surface area contributed by atoms with Gasteiger partial charge < -0.3 is 4.57 Å². The Kier molecular flexibility index (Phi) is 3.93. The van der Waals surface area contributed by atoms with E-state index in [2.05, 4.69) is 28.5 Å². The number of benzene rings is 1. The molecule has 0 amide bonds. The molecule has 1 fully saturated rings. The number of ketones is 1. The fraction of sp³-hybridized carbons (Fsp3) is 0.389. The van der Waals surface area contributed by atoms with Crippen LogP contribution in [-0.2, 0) is 0 Å². The Balaban J connectivity index is 1.89. The average molecular weight is 282 g/mol. The Bertz CT molecular complexity index is 637. The molecule has 3 rings (SSSR count). The van der Waals surface area contributed by atoms with Crippen LogP contribution in [0.5, 0.6) is 0 Å². The molecule has 1 aromatic carbocycles. The third-order valence-electron chi connectivity index (χ3n) is 4.31. The van der Waals surface area contributed by atoms with Crippen molar-refractivity contribution in [2.75, 3.05) is 19.6 Å². The fourth-order valence-corrected chi connectivity index (χ4v) is 3.25. The van der Waals surface area contributed by atoms with Crippen LogP contribution < -0.4 is 0 Å². The number of rotatable bonds is 4. The standard InChI is InChI=1S/C18H22N2O/c1-14-12-17(18(21)13-19-10-6-7-11-19)15(2)20(14)16-8-4-3-5-9-16/h3-5,8-9,12H,6-7,10-11,13H2,1-2H3. The molecule has 0 unspecified atom stereocenters. The second kappa shape index (κ2) is 5.86. The van der Waals surface area contributed by atoms with Crippen LogP contribution in [-0.4, -0.2) is 34.9 Å². The van der Waals surface area contributed by atoms with E-state index in [4.69, 9.17) is 0 Å². The second-order valence-corrected chi connectivity index (χ2v) is 5.86. The number of para-hydroxylation sites is 1. The predicted molar refractivity (Wildman–Crippen MR) is 85.2 cm³/mol. The van der Waals surface area contributed by atoms with E-state index in [1.54, 1.807) is 0 Å². The van der Waals surface area contributed by atoms with Crippen LogP contribution in [0.4, 0.5) is 0 Å². The largest absolute Gasteiger partial charge is 0.318 e. The second-order valence-electron chi connectivity index (χ2n) is 5.86. The molecule has 0 N–H and O–H groups in total. The molecular formula is C18H22N2O. The summed E-state index contributed by atoms with van der Waals surface area (Å²) in [6, 6.07) is 12.3. The lowest BCUT2D eigenvalue weighted by molar-refractivity contribution is 0.0944. The van der Waals surface area contributed by atoms with Crippen molar-refractivity contribution in [1.82, 2.24) is 9.47 Å². The lowest BCUT2D eigenvalue weighted by atomic mass is 10.1. The molecule has 1 aliphatic rings. The number of aromatic nitrogens is 1. The summed E-state index contributed by atoms with van der Waals surface area (Å²) < 4.78 is 2.16. The van der Waals surface area contributed by atoms with Gasteiger partial charge in [-0.25, -0.2) is 0 Å². The van der Waals surface area contributed by atoms with Gasteiger partial charge >= 0.3 is 0 Å². The number of Topliss-reactive ketones (excluding diaryl/α,β-unsaturated/α-hetero) is 1. The molecule has 3 nitrogen and oxygen atoms in total. The van der Waals surface area contributed by atoms with E-state index in [1.165, 1.54) is 12.8 Å². The first kappa shape index (κ1) is 14.1. The van der Waals surface area contributed by atoms with E-state index >= 15 is 0 Å². The Labute approximate surface area is 126 Å². The molecule has 0 aliphatic carbocycles. The van der Waals surface area contributed by atoms with Gasteiger partial charge in [0.2, 0.25) is 0 Å². The van der Waals surface area contributed by atoms with E-state index in [0.29, 0.717) is 6.54 Å². The van der Waals surface area contributed by atoms with Crippen molar-refractivity contribution in [3.8, 4) is 5.69 Å². The van der Waals surface area contributed by atoms with Gasteiger partial charge in [-0.3, -0.25) is 9.69 Å². The summed E-state index contributed by atoms with van der Waals surface area (Å²) in [6.45, 7) is 6.77. The molecule has 0 atom stereocenters. The number of nitrogens with zero attached hydrogens (tertiary/aromatic N) is 2. The zero-order valence-electron chi connectivity index (χ0n) is 12.8. The van der Waals surface area contributed by atoms with Gasteiger partial charge in [-0.15, -0.1) is 0 Å². The molecule has 0 bridgehead atoms. The average Bonchev–Trinajstić information content (AvgIpc) is 3.08. The van der Waals surface area contributed by atoms with Crippen molar-refractivity contribution < 1.29 is 4.79 Å². The topological polar surface area (TPSA) is 25.2 Å². The van der Waals surface area contributed by atoms with Gasteiger partial charge in [-0.1, -0.05) is 18.2 Å². The zero-order chi connectivity index (χ0) is 14.8. The van der Waals surface area contributed by atoms with Crippen LogP contribution in [0.3, 0.4) is 0 Å². The van der Waals surface area contributed by atoms with Crippen LogP contribution in [0.1, 0.15) is 34.6 Å². The highest BCUT2D eigenvalue weighted by molar-refractivity contribution is 5.99. The highest BCUT2D eigenvalue weighted by Crippen LogP contribution is 2.21. The van der Waals surface area contributed by atoms with Crippen molar-refractivity contribution >= 4 is 5.78 Å². The first-order chi connectivity index (χ1) is 10.2. The fourth-order valence-electron chi connectivity index (χ4n) is 3.25. The minimum Gasteiger partial charge on any atom is -0.318 e. The Morgan fingerprint density at radius 2 is 1.76 bits per heavy atom. The van der Waals surface area contributed by atoms with E-state index in [0.717, 1.165) is 35.7 Å². The summed E-state index contributed by atoms with van der Waals surface area (Å²) in [6.07, 6.45) is 2.44. The highest BCUT2D eigenvalue weighted by atomic mass is 16.1. The third-order valence-corrected chi connectivity index (χ3v) is 4.31. The molecule has 0 radical (unpaired) electrons. The first-order valence-corrected chi connectivity index (χ1v) is 7.67. The Morgan fingerprint density at radius 3 is 2.43 bits per heavy atom. The predicted octanol–water partition coefficient (Wildman–Crippen LogP) is 3.37. The maximum absolute atomic E-state index is 12.6.